The van der Waals surface area contributed by atoms with Gasteiger partial charge in [-0.05, 0) is 25.7 Å². The summed E-state index contributed by atoms with van der Waals surface area (Å²) >= 11 is 0. The number of nitrogens with zero attached hydrogens (tertiary/aromatic N) is 1. The molecule has 5 heteroatoms. The fourth-order valence-electron chi connectivity index (χ4n) is 1.07. The first-order valence-electron chi connectivity index (χ1n) is 5.02. The molecule has 14 heavy (non-hydrogen) atoms. The number of hydrogen-bond donors (Lipinski definition) is 3. The van der Waals surface area contributed by atoms with Crippen LogP contribution in [0.1, 0.15) is 19.8 Å². The predicted octanol–water partition coefficient (Wildman–Crippen LogP) is 0.138. The molecular weight excluding hydrogens is 182 g/mol. The van der Waals surface area contributed by atoms with Crippen LogP contribution in [0.2, 0.25) is 0 Å². The highest BCUT2D eigenvalue weighted by atomic mass is 16.5. The first kappa shape index (κ1) is 11.3. The number of rotatable bonds is 7. The Morgan fingerprint density at radius 1 is 1.71 bits per heavy atom. The molecule has 1 saturated carbocycles. The van der Waals surface area contributed by atoms with Crippen LogP contribution in [-0.4, -0.2) is 36.8 Å². The molecule has 5 nitrogen and oxygen atoms in total. The minimum absolute atomic E-state index is 0.107. The highest BCUT2D eigenvalue weighted by molar-refractivity contribution is 5.84. The normalized spacial score (nSPS) is 19.6. The maximum Gasteiger partial charge on any atom is 0.156 e. The third-order valence-electron chi connectivity index (χ3n) is 2.31. The monoisotopic (exact) mass is 201 g/mol. The molecular formula is C9H19N3O2. The molecule has 1 rings (SSSR count). The van der Waals surface area contributed by atoms with E-state index in [9.17, 15) is 0 Å². The Balaban J connectivity index is 1.91. The fraction of sp³-hybridized carbons (Fsp3) is 0.889. The lowest BCUT2D eigenvalue weighted by Crippen LogP contribution is -2.40. The van der Waals surface area contributed by atoms with E-state index in [1.165, 1.54) is 12.8 Å². The molecule has 0 heterocycles. The third-order valence-corrected chi connectivity index (χ3v) is 2.31. The van der Waals surface area contributed by atoms with Crippen molar-refractivity contribution in [3.63, 3.8) is 0 Å². The maximum absolute atomic E-state index is 8.38. The van der Waals surface area contributed by atoms with Crippen molar-refractivity contribution in [1.82, 2.24) is 5.32 Å². The molecule has 0 saturated heterocycles. The zero-order valence-electron chi connectivity index (χ0n) is 8.57. The molecule has 0 aromatic rings. The van der Waals surface area contributed by atoms with Gasteiger partial charge in [-0.3, -0.25) is 0 Å². The van der Waals surface area contributed by atoms with Crippen molar-refractivity contribution in [2.75, 3.05) is 19.8 Å². The molecule has 1 unspecified atom stereocenters. The predicted molar refractivity (Wildman–Crippen MR) is 54.4 cm³/mol. The van der Waals surface area contributed by atoms with Gasteiger partial charge in [-0.25, -0.2) is 0 Å². The maximum atomic E-state index is 8.38. The Morgan fingerprint density at radius 3 is 3.00 bits per heavy atom. The van der Waals surface area contributed by atoms with Crippen LogP contribution < -0.4 is 11.1 Å². The van der Waals surface area contributed by atoms with Crippen molar-refractivity contribution >= 4 is 5.84 Å². The summed E-state index contributed by atoms with van der Waals surface area (Å²) in [4.78, 5) is 0. The van der Waals surface area contributed by atoms with E-state index in [1.807, 2.05) is 6.92 Å². The SMILES string of the molecule is CC(NCCOCC1CC1)C(N)=NO. The van der Waals surface area contributed by atoms with Crippen LogP contribution in [0.25, 0.3) is 0 Å². The van der Waals surface area contributed by atoms with Crippen LogP contribution >= 0.6 is 0 Å². The summed E-state index contributed by atoms with van der Waals surface area (Å²) in [6.07, 6.45) is 2.63. The summed E-state index contributed by atoms with van der Waals surface area (Å²) in [7, 11) is 0. The van der Waals surface area contributed by atoms with Crippen molar-refractivity contribution in [3.05, 3.63) is 0 Å². The van der Waals surface area contributed by atoms with Crippen LogP contribution in [0, 0.1) is 5.92 Å². The molecule has 1 fully saturated rings. The van der Waals surface area contributed by atoms with E-state index in [4.69, 9.17) is 15.7 Å². The molecule has 0 radical (unpaired) electrons. The minimum atomic E-state index is -0.107. The zero-order valence-corrected chi connectivity index (χ0v) is 8.57. The Hall–Kier alpha value is -0.810. The quantitative estimate of drug-likeness (QED) is 0.180. The smallest absolute Gasteiger partial charge is 0.156 e. The van der Waals surface area contributed by atoms with Gasteiger partial charge in [0.1, 0.15) is 0 Å². The molecule has 4 N–H and O–H groups in total. The van der Waals surface area contributed by atoms with Crippen LogP contribution in [0.15, 0.2) is 5.16 Å². The van der Waals surface area contributed by atoms with Gasteiger partial charge in [0.2, 0.25) is 0 Å². The largest absolute Gasteiger partial charge is 0.409 e. The van der Waals surface area contributed by atoms with Crippen molar-refractivity contribution in [1.29, 1.82) is 0 Å². The zero-order chi connectivity index (χ0) is 10.4. The highest BCUT2D eigenvalue weighted by Crippen LogP contribution is 2.28. The average molecular weight is 201 g/mol. The van der Waals surface area contributed by atoms with Crippen LogP contribution in [0.5, 0.6) is 0 Å². The van der Waals surface area contributed by atoms with Crippen molar-refractivity contribution < 1.29 is 9.94 Å². The van der Waals surface area contributed by atoms with Crippen molar-refractivity contribution in [2.24, 2.45) is 16.8 Å². The van der Waals surface area contributed by atoms with E-state index in [1.54, 1.807) is 0 Å². The van der Waals surface area contributed by atoms with E-state index >= 15 is 0 Å². The summed E-state index contributed by atoms with van der Waals surface area (Å²) < 4.78 is 5.42. The minimum Gasteiger partial charge on any atom is -0.409 e. The third kappa shape index (κ3) is 4.43. The van der Waals surface area contributed by atoms with Crippen LogP contribution in [0.3, 0.4) is 0 Å². The standard InChI is InChI=1S/C9H19N3O2/c1-7(9(10)12-13)11-4-5-14-6-8-2-3-8/h7-8,11,13H,2-6H2,1H3,(H2,10,12). The summed E-state index contributed by atoms with van der Waals surface area (Å²) in [6.45, 7) is 4.12. The first-order valence-corrected chi connectivity index (χ1v) is 5.02. The van der Waals surface area contributed by atoms with E-state index in [0.717, 1.165) is 19.1 Å². The average Bonchev–Trinajstić information content (AvgIpc) is 2.99. The van der Waals surface area contributed by atoms with E-state index < -0.39 is 0 Å². The van der Waals surface area contributed by atoms with Gasteiger partial charge in [0.15, 0.2) is 5.84 Å². The van der Waals surface area contributed by atoms with Gasteiger partial charge in [0, 0.05) is 13.2 Å². The van der Waals surface area contributed by atoms with Gasteiger partial charge >= 0.3 is 0 Å². The molecule has 0 bridgehead atoms. The fourth-order valence-corrected chi connectivity index (χ4v) is 1.07. The van der Waals surface area contributed by atoms with E-state index in [-0.39, 0.29) is 11.9 Å². The van der Waals surface area contributed by atoms with Gasteiger partial charge in [0.05, 0.1) is 12.6 Å². The summed E-state index contributed by atoms with van der Waals surface area (Å²) in [5.74, 6) is 1.00. The summed E-state index contributed by atoms with van der Waals surface area (Å²) in [5.41, 5.74) is 5.39. The molecule has 0 aromatic heterocycles. The molecule has 0 aliphatic heterocycles. The van der Waals surface area contributed by atoms with E-state index in [0.29, 0.717) is 6.61 Å². The summed E-state index contributed by atoms with van der Waals surface area (Å²) in [6, 6.07) is -0.107. The molecule has 1 atom stereocenters. The number of oxime groups is 1. The second kappa shape index (κ2) is 5.82. The second-order valence-corrected chi connectivity index (χ2v) is 3.72. The Morgan fingerprint density at radius 2 is 2.43 bits per heavy atom. The molecule has 0 aromatic carbocycles. The Bertz CT molecular complexity index is 192. The number of ether oxygens (including phenoxy) is 1. The van der Waals surface area contributed by atoms with Gasteiger partial charge < -0.3 is 21.0 Å². The van der Waals surface area contributed by atoms with Gasteiger partial charge in [0.25, 0.3) is 0 Å². The van der Waals surface area contributed by atoms with Gasteiger partial charge in [-0.15, -0.1) is 0 Å². The second-order valence-electron chi connectivity index (χ2n) is 3.72. The molecule has 0 amide bonds. The lowest BCUT2D eigenvalue weighted by Gasteiger charge is -2.11. The molecule has 82 valence electrons. The molecule has 1 aliphatic rings. The topological polar surface area (TPSA) is 79.9 Å². The van der Waals surface area contributed by atoms with E-state index in [2.05, 4.69) is 10.5 Å². The first-order chi connectivity index (χ1) is 6.74. The highest BCUT2D eigenvalue weighted by Gasteiger charge is 2.20. The van der Waals surface area contributed by atoms with Crippen LogP contribution in [0.4, 0.5) is 0 Å². The van der Waals surface area contributed by atoms with Crippen LogP contribution in [-0.2, 0) is 4.74 Å². The van der Waals surface area contributed by atoms with Gasteiger partial charge in [-0.1, -0.05) is 5.16 Å². The van der Waals surface area contributed by atoms with Gasteiger partial charge in [-0.2, -0.15) is 0 Å². The Kier molecular flexibility index (Phi) is 4.69. The Labute approximate surface area is 84.3 Å². The lowest BCUT2D eigenvalue weighted by molar-refractivity contribution is 0.125. The number of nitrogens with one attached hydrogen (secondary N) is 1. The van der Waals surface area contributed by atoms with Crippen molar-refractivity contribution in [2.45, 2.75) is 25.8 Å². The number of hydrogen-bond acceptors (Lipinski definition) is 4. The number of amidine groups is 1. The molecule has 1 aliphatic carbocycles. The summed E-state index contributed by atoms with van der Waals surface area (Å²) in [5, 5.41) is 14.4. The lowest BCUT2D eigenvalue weighted by atomic mass is 10.3. The number of nitrogens with two attached hydrogens (primary N) is 1. The van der Waals surface area contributed by atoms with Crippen molar-refractivity contribution in [3.8, 4) is 0 Å². The molecule has 0 spiro atoms.